The van der Waals surface area contributed by atoms with Crippen LogP contribution < -0.4 is 5.32 Å². The molecule has 122 valence electrons. The zero-order valence-corrected chi connectivity index (χ0v) is 13.8. The Hall–Kier alpha value is -1.83. The van der Waals surface area contributed by atoms with Crippen LogP contribution in [0.15, 0.2) is 0 Å². The lowest BCUT2D eigenvalue weighted by atomic mass is 10.0. The Morgan fingerprint density at radius 2 is 2.26 bits per heavy atom. The van der Waals surface area contributed by atoms with Crippen LogP contribution in [0.25, 0.3) is 0 Å². The maximum absolute atomic E-state index is 12.5. The molecule has 0 aromatic carbocycles. The van der Waals surface area contributed by atoms with Crippen molar-refractivity contribution in [2.24, 2.45) is 0 Å². The van der Waals surface area contributed by atoms with E-state index in [0.29, 0.717) is 12.4 Å². The van der Waals surface area contributed by atoms with E-state index < -0.39 is 0 Å². The lowest BCUT2D eigenvalue weighted by Gasteiger charge is -2.12. The van der Waals surface area contributed by atoms with Gasteiger partial charge < -0.3 is 5.32 Å². The van der Waals surface area contributed by atoms with Crippen molar-refractivity contribution >= 4 is 17.2 Å². The summed E-state index contributed by atoms with van der Waals surface area (Å²) in [7, 11) is 0. The predicted octanol–water partition coefficient (Wildman–Crippen LogP) is 1.24. The molecule has 0 fully saturated rings. The van der Waals surface area contributed by atoms with Gasteiger partial charge in [-0.15, -0.1) is 16.4 Å². The number of rotatable bonds is 4. The molecule has 3 heterocycles. The third-order valence-electron chi connectivity index (χ3n) is 4.58. The van der Waals surface area contributed by atoms with Crippen LogP contribution in [0.1, 0.15) is 53.0 Å². The second kappa shape index (κ2) is 6.35. The Labute approximate surface area is 138 Å². The number of thiazole rings is 1. The van der Waals surface area contributed by atoms with Crippen LogP contribution in [-0.4, -0.2) is 37.6 Å². The molecular formula is C15H20N6OS. The summed E-state index contributed by atoms with van der Waals surface area (Å²) in [6.07, 6.45) is 7.18. The number of nitrogens with one attached hydrogen (secondary N) is 1. The molecule has 2 aromatic heterocycles. The summed E-state index contributed by atoms with van der Waals surface area (Å²) in [4.78, 5) is 18.6. The summed E-state index contributed by atoms with van der Waals surface area (Å²) in [5, 5.41) is 15.9. The second-order valence-corrected chi connectivity index (χ2v) is 7.35. The number of aryl methyl sites for hydroxylation is 3. The van der Waals surface area contributed by atoms with E-state index in [9.17, 15) is 4.79 Å². The molecule has 1 amide bonds. The lowest BCUT2D eigenvalue weighted by Crippen LogP contribution is -2.32. The highest BCUT2D eigenvalue weighted by Gasteiger charge is 2.28. The standard InChI is InChI=1S/C15H20N6OS/c22-15(10-4-1-2-9-21-14(10)18-19-20-21)16-8-7-13-17-11-5-3-6-12(11)23-13/h10H,1-9H2,(H,16,22)/t10-/m1/s1. The van der Waals surface area contributed by atoms with E-state index in [1.807, 2.05) is 0 Å². The third-order valence-corrected chi connectivity index (χ3v) is 5.80. The van der Waals surface area contributed by atoms with Crippen LogP contribution in [0.5, 0.6) is 0 Å². The van der Waals surface area contributed by atoms with Gasteiger partial charge in [-0.05, 0) is 42.5 Å². The van der Waals surface area contributed by atoms with Gasteiger partial charge in [0.2, 0.25) is 5.91 Å². The lowest BCUT2D eigenvalue weighted by molar-refractivity contribution is -0.122. The van der Waals surface area contributed by atoms with Gasteiger partial charge in [0.1, 0.15) is 0 Å². The van der Waals surface area contributed by atoms with E-state index in [0.717, 1.165) is 43.7 Å². The highest BCUT2D eigenvalue weighted by Crippen LogP contribution is 2.28. The van der Waals surface area contributed by atoms with Crippen molar-refractivity contribution in [3.63, 3.8) is 0 Å². The van der Waals surface area contributed by atoms with Crippen LogP contribution in [0, 0.1) is 0 Å². The number of tetrazole rings is 1. The van der Waals surface area contributed by atoms with Crippen LogP contribution >= 0.6 is 11.3 Å². The van der Waals surface area contributed by atoms with Crippen LogP contribution in [0.3, 0.4) is 0 Å². The van der Waals surface area contributed by atoms with Crippen molar-refractivity contribution in [1.82, 2.24) is 30.5 Å². The molecule has 7 nitrogen and oxygen atoms in total. The zero-order valence-electron chi connectivity index (χ0n) is 13.0. The normalized spacial score (nSPS) is 19.9. The molecular weight excluding hydrogens is 312 g/mol. The van der Waals surface area contributed by atoms with Crippen molar-refractivity contribution in [2.75, 3.05) is 6.54 Å². The number of hydrogen-bond donors (Lipinski definition) is 1. The monoisotopic (exact) mass is 332 g/mol. The minimum Gasteiger partial charge on any atom is -0.355 e. The fourth-order valence-electron chi connectivity index (χ4n) is 3.37. The number of amides is 1. The van der Waals surface area contributed by atoms with Gasteiger partial charge in [0.15, 0.2) is 5.82 Å². The molecule has 0 radical (unpaired) electrons. The molecule has 0 bridgehead atoms. The molecule has 2 aliphatic rings. The van der Waals surface area contributed by atoms with Gasteiger partial charge in [-0.1, -0.05) is 6.42 Å². The Kier molecular flexibility index (Phi) is 4.07. The molecule has 1 aliphatic heterocycles. The van der Waals surface area contributed by atoms with Crippen molar-refractivity contribution in [3.05, 3.63) is 21.4 Å². The van der Waals surface area contributed by atoms with E-state index in [4.69, 9.17) is 0 Å². The summed E-state index contributed by atoms with van der Waals surface area (Å²) in [6, 6.07) is 0. The summed E-state index contributed by atoms with van der Waals surface area (Å²) < 4.78 is 1.77. The van der Waals surface area contributed by atoms with E-state index in [-0.39, 0.29) is 11.8 Å². The SMILES string of the molecule is O=C(NCCc1nc2c(s1)CCC2)[C@@H]1CCCCn2nnnc21. The summed E-state index contributed by atoms with van der Waals surface area (Å²) in [5.41, 5.74) is 1.28. The highest BCUT2D eigenvalue weighted by atomic mass is 32.1. The summed E-state index contributed by atoms with van der Waals surface area (Å²) in [5.74, 6) is 0.508. The van der Waals surface area contributed by atoms with Gasteiger partial charge in [0.05, 0.1) is 16.6 Å². The number of fused-ring (bicyclic) bond motifs is 2. The van der Waals surface area contributed by atoms with Gasteiger partial charge in [0, 0.05) is 24.4 Å². The second-order valence-electron chi connectivity index (χ2n) is 6.18. The molecule has 23 heavy (non-hydrogen) atoms. The Balaban J connectivity index is 1.35. The van der Waals surface area contributed by atoms with Gasteiger partial charge in [-0.2, -0.15) is 0 Å². The minimum atomic E-state index is -0.228. The van der Waals surface area contributed by atoms with E-state index in [2.05, 4.69) is 25.8 Å². The first-order valence-corrected chi connectivity index (χ1v) is 9.14. The molecule has 4 rings (SSSR count). The fraction of sp³-hybridized carbons (Fsp3) is 0.667. The molecule has 0 spiro atoms. The number of carbonyl (C=O) groups excluding carboxylic acids is 1. The molecule has 0 saturated carbocycles. The Morgan fingerprint density at radius 3 is 3.17 bits per heavy atom. The van der Waals surface area contributed by atoms with Crippen molar-refractivity contribution < 1.29 is 4.79 Å². The van der Waals surface area contributed by atoms with Gasteiger partial charge >= 0.3 is 0 Å². The van der Waals surface area contributed by atoms with Crippen LogP contribution in [-0.2, 0) is 30.6 Å². The molecule has 8 heteroatoms. The van der Waals surface area contributed by atoms with Crippen molar-refractivity contribution in [2.45, 2.75) is 57.4 Å². The smallest absolute Gasteiger partial charge is 0.230 e. The fourth-order valence-corrected chi connectivity index (χ4v) is 4.53. The molecule has 1 aliphatic carbocycles. The summed E-state index contributed by atoms with van der Waals surface area (Å²) >= 11 is 1.80. The molecule has 2 aromatic rings. The first kappa shape index (κ1) is 14.7. The van der Waals surface area contributed by atoms with Crippen LogP contribution in [0.2, 0.25) is 0 Å². The van der Waals surface area contributed by atoms with E-state index in [1.54, 1.807) is 16.0 Å². The van der Waals surface area contributed by atoms with Crippen molar-refractivity contribution in [1.29, 1.82) is 0 Å². The number of hydrogen-bond acceptors (Lipinski definition) is 6. The minimum absolute atomic E-state index is 0.0343. The van der Waals surface area contributed by atoms with E-state index >= 15 is 0 Å². The highest BCUT2D eigenvalue weighted by molar-refractivity contribution is 7.11. The first-order valence-electron chi connectivity index (χ1n) is 8.32. The average Bonchev–Trinajstić information content (AvgIpc) is 3.21. The van der Waals surface area contributed by atoms with E-state index in [1.165, 1.54) is 23.4 Å². The van der Waals surface area contributed by atoms with Crippen LogP contribution in [0.4, 0.5) is 0 Å². The maximum Gasteiger partial charge on any atom is 0.230 e. The first-order chi connectivity index (χ1) is 11.3. The third kappa shape index (κ3) is 2.99. The average molecular weight is 332 g/mol. The topological polar surface area (TPSA) is 85.6 Å². The van der Waals surface area contributed by atoms with Gasteiger partial charge in [0.25, 0.3) is 0 Å². The van der Waals surface area contributed by atoms with Crippen molar-refractivity contribution in [3.8, 4) is 0 Å². The largest absolute Gasteiger partial charge is 0.355 e. The number of carbonyl (C=O) groups is 1. The molecule has 1 N–H and O–H groups in total. The quantitative estimate of drug-likeness (QED) is 0.910. The number of aromatic nitrogens is 5. The zero-order chi connectivity index (χ0) is 15.6. The predicted molar refractivity (Wildman–Crippen MR) is 85.3 cm³/mol. The molecule has 0 saturated heterocycles. The Bertz CT molecular complexity index is 687. The van der Waals surface area contributed by atoms with Gasteiger partial charge in [-0.25, -0.2) is 9.67 Å². The Morgan fingerprint density at radius 1 is 1.30 bits per heavy atom. The molecule has 1 atom stereocenters. The van der Waals surface area contributed by atoms with Gasteiger partial charge in [-0.3, -0.25) is 4.79 Å². The number of nitrogens with zero attached hydrogens (tertiary/aromatic N) is 5. The maximum atomic E-state index is 12.5. The molecule has 0 unspecified atom stereocenters. The summed E-state index contributed by atoms with van der Waals surface area (Å²) in [6.45, 7) is 1.43.